The van der Waals surface area contributed by atoms with Crippen LogP contribution in [0.5, 0.6) is 0 Å². The van der Waals surface area contributed by atoms with Crippen LogP contribution in [-0.2, 0) is 16.0 Å². The second-order valence-corrected chi connectivity index (χ2v) is 4.10. The van der Waals surface area contributed by atoms with E-state index in [1.807, 2.05) is 0 Å². The SMILES string of the molecule is CC(=O)Cc1nnc([C@H](CCCN)NC(C)=O)o1. The maximum absolute atomic E-state index is 11.1. The summed E-state index contributed by atoms with van der Waals surface area (Å²) in [6, 6.07) is -0.348. The second kappa shape index (κ2) is 6.85. The van der Waals surface area contributed by atoms with Crippen molar-refractivity contribution in [1.82, 2.24) is 15.5 Å². The van der Waals surface area contributed by atoms with Gasteiger partial charge < -0.3 is 15.5 Å². The fourth-order valence-corrected chi connectivity index (χ4v) is 1.52. The van der Waals surface area contributed by atoms with Gasteiger partial charge in [-0.05, 0) is 26.3 Å². The molecule has 3 N–H and O–H groups in total. The van der Waals surface area contributed by atoms with Crippen LogP contribution in [0, 0.1) is 0 Å². The predicted octanol–water partition coefficient (Wildman–Crippen LogP) is 0.117. The molecule has 0 saturated carbocycles. The molecule has 7 heteroatoms. The number of ketones is 1. The van der Waals surface area contributed by atoms with Crippen LogP contribution in [0.1, 0.15) is 44.5 Å². The first-order valence-corrected chi connectivity index (χ1v) is 5.81. The molecule has 1 aromatic heterocycles. The Morgan fingerprint density at radius 1 is 1.39 bits per heavy atom. The third kappa shape index (κ3) is 4.62. The second-order valence-electron chi connectivity index (χ2n) is 4.10. The summed E-state index contributed by atoms with van der Waals surface area (Å²) in [5, 5.41) is 10.3. The zero-order chi connectivity index (χ0) is 13.5. The Morgan fingerprint density at radius 3 is 2.67 bits per heavy atom. The lowest BCUT2D eigenvalue weighted by atomic mass is 10.1. The zero-order valence-electron chi connectivity index (χ0n) is 10.6. The molecule has 0 bridgehead atoms. The van der Waals surface area contributed by atoms with E-state index in [1.165, 1.54) is 13.8 Å². The molecule has 0 unspecified atom stereocenters. The highest BCUT2D eigenvalue weighted by molar-refractivity contribution is 5.77. The van der Waals surface area contributed by atoms with E-state index in [1.54, 1.807) is 0 Å². The topological polar surface area (TPSA) is 111 Å². The molecule has 0 saturated heterocycles. The molecular weight excluding hydrogens is 236 g/mol. The Bertz CT molecular complexity index is 416. The Labute approximate surface area is 105 Å². The molecule has 0 aliphatic carbocycles. The lowest BCUT2D eigenvalue weighted by molar-refractivity contribution is -0.120. The number of nitrogens with zero attached hydrogens (tertiary/aromatic N) is 2. The molecular formula is C11H18N4O3. The summed E-state index contributed by atoms with van der Waals surface area (Å²) in [5.41, 5.74) is 5.43. The molecule has 0 fully saturated rings. The third-order valence-electron chi connectivity index (χ3n) is 2.26. The quantitative estimate of drug-likeness (QED) is 0.714. The van der Waals surface area contributed by atoms with Crippen molar-refractivity contribution in [3.05, 3.63) is 11.8 Å². The summed E-state index contributed by atoms with van der Waals surface area (Å²) >= 11 is 0. The van der Waals surface area contributed by atoms with Crippen LogP contribution in [0.4, 0.5) is 0 Å². The van der Waals surface area contributed by atoms with Gasteiger partial charge in [0.15, 0.2) is 0 Å². The van der Waals surface area contributed by atoms with E-state index in [4.69, 9.17) is 10.2 Å². The van der Waals surface area contributed by atoms with E-state index in [2.05, 4.69) is 15.5 Å². The molecule has 0 radical (unpaired) electrons. The van der Waals surface area contributed by atoms with Crippen LogP contribution in [-0.4, -0.2) is 28.4 Å². The smallest absolute Gasteiger partial charge is 0.238 e. The van der Waals surface area contributed by atoms with E-state index >= 15 is 0 Å². The van der Waals surface area contributed by atoms with E-state index in [0.717, 1.165) is 6.42 Å². The number of aromatic nitrogens is 2. The normalized spacial score (nSPS) is 12.2. The van der Waals surface area contributed by atoms with E-state index < -0.39 is 0 Å². The maximum atomic E-state index is 11.1. The van der Waals surface area contributed by atoms with E-state index in [-0.39, 0.29) is 30.0 Å². The molecule has 1 heterocycles. The number of carbonyl (C=O) groups is 2. The summed E-state index contributed by atoms with van der Waals surface area (Å²) in [7, 11) is 0. The highest BCUT2D eigenvalue weighted by Crippen LogP contribution is 2.17. The van der Waals surface area contributed by atoms with Gasteiger partial charge in [0.2, 0.25) is 17.7 Å². The minimum absolute atomic E-state index is 0.0526. The lowest BCUT2D eigenvalue weighted by Crippen LogP contribution is -2.26. The number of hydrogen-bond acceptors (Lipinski definition) is 6. The Kier molecular flexibility index (Phi) is 5.44. The van der Waals surface area contributed by atoms with Gasteiger partial charge in [-0.15, -0.1) is 10.2 Å². The molecule has 1 amide bonds. The minimum Gasteiger partial charge on any atom is -0.423 e. The van der Waals surface area contributed by atoms with Crippen molar-refractivity contribution in [2.75, 3.05) is 6.54 Å². The van der Waals surface area contributed by atoms with Crippen LogP contribution >= 0.6 is 0 Å². The highest BCUT2D eigenvalue weighted by Gasteiger charge is 2.19. The number of nitrogens with two attached hydrogens (primary N) is 1. The lowest BCUT2D eigenvalue weighted by Gasteiger charge is -2.12. The molecule has 0 aliphatic rings. The monoisotopic (exact) mass is 254 g/mol. The Hall–Kier alpha value is -1.76. The van der Waals surface area contributed by atoms with E-state index in [0.29, 0.717) is 18.9 Å². The first-order chi connectivity index (χ1) is 8.52. The molecule has 7 nitrogen and oxygen atoms in total. The van der Waals surface area contributed by atoms with Crippen LogP contribution in [0.15, 0.2) is 4.42 Å². The van der Waals surface area contributed by atoms with Crippen molar-refractivity contribution in [2.45, 2.75) is 39.2 Å². The third-order valence-corrected chi connectivity index (χ3v) is 2.26. The van der Waals surface area contributed by atoms with Crippen LogP contribution in [0.3, 0.4) is 0 Å². The van der Waals surface area contributed by atoms with Crippen LogP contribution in [0.2, 0.25) is 0 Å². The number of rotatable bonds is 7. The van der Waals surface area contributed by atoms with Crippen molar-refractivity contribution in [3.8, 4) is 0 Å². The number of carbonyl (C=O) groups excluding carboxylic acids is 2. The molecule has 100 valence electrons. The molecule has 0 aromatic carbocycles. The van der Waals surface area contributed by atoms with Gasteiger partial charge in [-0.25, -0.2) is 0 Å². The number of Topliss-reactive ketones (excluding diaryl/α,β-unsaturated/α-hetero) is 1. The van der Waals surface area contributed by atoms with Gasteiger partial charge in [-0.2, -0.15) is 0 Å². The number of hydrogen-bond donors (Lipinski definition) is 2. The summed E-state index contributed by atoms with van der Waals surface area (Å²) in [5.74, 6) is 0.349. The van der Waals surface area contributed by atoms with Gasteiger partial charge in [-0.1, -0.05) is 0 Å². The van der Waals surface area contributed by atoms with Crippen molar-refractivity contribution in [3.63, 3.8) is 0 Å². The standard InChI is InChI=1S/C11H18N4O3/c1-7(16)6-10-14-15-11(18-10)9(4-3-5-12)13-8(2)17/h9H,3-6,12H2,1-2H3,(H,13,17)/t9-/m0/s1. The minimum atomic E-state index is -0.348. The average Bonchev–Trinajstić information content (AvgIpc) is 2.71. The van der Waals surface area contributed by atoms with Gasteiger partial charge in [0.25, 0.3) is 0 Å². The molecule has 1 aromatic rings. The average molecular weight is 254 g/mol. The fourth-order valence-electron chi connectivity index (χ4n) is 1.52. The zero-order valence-corrected chi connectivity index (χ0v) is 10.6. The first-order valence-electron chi connectivity index (χ1n) is 5.81. The van der Waals surface area contributed by atoms with Crippen molar-refractivity contribution >= 4 is 11.7 Å². The van der Waals surface area contributed by atoms with Gasteiger partial charge in [0.1, 0.15) is 11.8 Å². The van der Waals surface area contributed by atoms with Gasteiger partial charge in [-0.3, -0.25) is 9.59 Å². The summed E-state index contributed by atoms with van der Waals surface area (Å²) in [6.45, 7) is 3.39. The van der Waals surface area contributed by atoms with Crippen molar-refractivity contribution in [2.24, 2.45) is 5.73 Å². The fraction of sp³-hybridized carbons (Fsp3) is 0.636. The highest BCUT2D eigenvalue weighted by atomic mass is 16.4. The summed E-state index contributed by atoms with van der Waals surface area (Å²) < 4.78 is 5.36. The van der Waals surface area contributed by atoms with Gasteiger partial charge in [0.05, 0.1) is 6.42 Å². The Balaban J connectivity index is 2.74. The summed E-state index contributed by atoms with van der Waals surface area (Å²) in [6.07, 6.45) is 1.46. The molecule has 1 atom stereocenters. The predicted molar refractivity (Wildman–Crippen MR) is 63.5 cm³/mol. The van der Waals surface area contributed by atoms with Crippen molar-refractivity contribution < 1.29 is 14.0 Å². The molecule has 1 rings (SSSR count). The van der Waals surface area contributed by atoms with Gasteiger partial charge in [0, 0.05) is 6.92 Å². The van der Waals surface area contributed by atoms with E-state index in [9.17, 15) is 9.59 Å². The largest absolute Gasteiger partial charge is 0.423 e. The molecule has 18 heavy (non-hydrogen) atoms. The number of nitrogens with one attached hydrogen (secondary N) is 1. The van der Waals surface area contributed by atoms with Gasteiger partial charge >= 0.3 is 0 Å². The van der Waals surface area contributed by atoms with Crippen molar-refractivity contribution in [1.29, 1.82) is 0 Å². The maximum Gasteiger partial charge on any atom is 0.238 e. The van der Waals surface area contributed by atoms with Crippen LogP contribution < -0.4 is 11.1 Å². The number of amides is 1. The molecule has 0 aliphatic heterocycles. The summed E-state index contributed by atoms with van der Waals surface area (Å²) in [4.78, 5) is 22.0. The Morgan fingerprint density at radius 2 is 2.11 bits per heavy atom. The first kappa shape index (κ1) is 14.3. The van der Waals surface area contributed by atoms with Crippen LogP contribution in [0.25, 0.3) is 0 Å². The molecule has 0 spiro atoms.